The molecule has 7 heteroatoms. The number of carbonyl (C=O) groups is 1. The Bertz CT molecular complexity index is 459. The van der Waals surface area contributed by atoms with Gasteiger partial charge in [0, 0.05) is 17.7 Å². The van der Waals surface area contributed by atoms with Gasteiger partial charge >= 0.3 is 5.97 Å². The van der Waals surface area contributed by atoms with Crippen molar-refractivity contribution < 1.29 is 24.3 Å². The average Bonchev–Trinajstić information content (AvgIpc) is 2.20. The Balaban J connectivity index is 3.37. The van der Waals surface area contributed by atoms with E-state index in [1.807, 2.05) is 0 Å². The summed E-state index contributed by atoms with van der Waals surface area (Å²) in [4.78, 5) is 20.1. The van der Waals surface area contributed by atoms with Gasteiger partial charge in [0.2, 0.25) is 0 Å². The molecule has 16 heavy (non-hydrogen) atoms. The van der Waals surface area contributed by atoms with E-state index in [1.165, 1.54) is 6.92 Å². The van der Waals surface area contributed by atoms with E-state index in [-0.39, 0.29) is 5.56 Å². The van der Waals surface area contributed by atoms with Crippen LogP contribution >= 0.6 is 0 Å². The lowest BCUT2D eigenvalue weighted by molar-refractivity contribution is -0.385. The molecular formula is C9H8FNO5. The van der Waals surface area contributed by atoms with Gasteiger partial charge in [-0.2, -0.15) is 0 Å². The summed E-state index contributed by atoms with van der Waals surface area (Å²) < 4.78 is 13.4. The summed E-state index contributed by atoms with van der Waals surface area (Å²) in [6, 6.07) is 1.68. The van der Waals surface area contributed by atoms with Crippen LogP contribution in [0.15, 0.2) is 12.1 Å². The number of carboxylic acid groups (broad SMARTS) is 1. The number of non-ortho nitro benzene ring substituents is 1. The first-order valence-corrected chi connectivity index (χ1v) is 4.20. The van der Waals surface area contributed by atoms with Crippen molar-refractivity contribution in [3.8, 4) is 0 Å². The fourth-order valence-electron chi connectivity index (χ4n) is 1.21. The Hall–Kier alpha value is -2.02. The molecule has 0 heterocycles. The number of aryl methyl sites for hydroxylation is 1. The third-order valence-electron chi connectivity index (χ3n) is 2.01. The zero-order valence-electron chi connectivity index (χ0n) is 8.18. The van der Waals surface area contributed by atoms with Crippen LogP contribution in [0.5, 0.6) is 0 Å². The van der Waals surface area contributed by atoms with Crippen molar-refractivity contribution in [2.75, 3.05) is 0 Å². The SMILES string of the molecule is Cc1cc([N+](=O)[O-])cc(C(O)C(=O)O)c1F. The number of nitrogens with zero attached hydrogens (tertiary/aromatic N) is 1. The molecule has 1 aromatic carbocycles. The normalized spacial score (nSPS) is 12.2. The highest BCUT2D eigenvalue weighted by Gasteiger charge is 2.24. The van der Waals surface area contributed by atoms with Crippen LogP contribution in [-0.2, 0) is 4.79 Å². The quantitative estimate of drug-likeness (QED) is 0.598. The van der Waals surface area contributed by atoms with Gasteiger partial charge in [-0.25, -0.2) is 9.18 Å². The predicted molar refractivity (Wildman–Crippen MR) is 50.4 cm³/mol. The van der Waals surface area contributed by atoms with Gasteiger partial charge < -0.3 is 10.2 Å². The number of nitro groups is 1. The van der Waals surface area contributed by atoms with Crippen molar-refractivity contribution in [2.45, 2.75) is 13.0 Å². The monoisotopic (exact) mass is 229 g/mol. The molecule has 86 valence electrons. The van der Waals surface area contributed by atoms with Gasteiger partial charge in [-0.05, 0) is 12.5 Å². The van der Waals surface area contributed by atoms with Crippen LogP contribution in [0.2, 0.25) is 0 Å². The molecule has 0 bridgehead atoms. The van der Waals surface area contributed by atoms with E-state index in [4.69, 9.17) is 10.2 Å². The van der Waals surface area contributed by atoms with Crippen molar-refractivity contribution in [1.82, 2.24) is 0 Å². The van der Waals surface area contributed by atoms with Gasteiger partial charge in [-0.3, -0.25) is 10.1 Å². The zero-order chi connectivity index (χ0) is 12.5. The maximum absolute atomic E-state index is 13.4. The first-order valence-electron chi connectivity index (χ1n) is 4.20. The summed E-state index contributed by atoms with van der Waals surface area (Å²) in [6.45, 7) is 1.25. The summed E-state index contributed by atoms with van der Waals surface area (Å²) in [7, 11) is 0. The third kappa shape index (κ3) is 2.14. The van der Waals surface area contributed by atoms with Crippen LogP contribution in [0.1, 0.15) is 17.2 Å². The molecule has 0 radical (unpaired) electrons. The molecule has 0 aliphatic carbocycles. The molecule has 2 N–H and O–H groups in total. The topological polar surface area (TPSA) is 101 Å². The Labute approximate surface area is 89.1 Å². The molecule has 1 aromatic rings. The first kappa shape index (κ1) is 12.1. The molecule has 0 spiro atoms. The number of hydrogen-bond donors (Lipinski definition) is 2. The predicted octanol–water partition coefficient (Wildman–Crippen LogP) is 1.16. The lowest BCUT2D eigenvalue weighted by atomic mass is 10.0. The molecule has 1 rings (SSSR count). The number of benzene rings is 1. The lowest BCUT2D eigenvalue weighted by Crippen LogP contribution is -2.13. The van der Waals surface area contributed by atoms with E-state index >= 15 is 0 Å². The van der Waals surface area contributed by atoms with Gasteiger partial charge in [-0.15, -0.1) is 0 Å². The van der Waals surface area contributed by atoms with Gasteiger partial charge in [0.05, 0.1) is 4.92 Å². The Morgan fingerprint density at radius 1 is 1.56 bits per heavy atom. The van der Waals surface area contributed by atoms with Crippen molar-refractivity contribution in [3.05, 3.63) is 39.2 Å². The lowest BCUT2D eigenvalue weighted by Gasteiger charge is -2.08. The number of aliphatic hydroxyl groups excluding tert-OH is 1. The first-order chi connectivity index (χ1) is 7.34. The van der Waals surface area contributed by atoms with E-state index in [2.05, 4.69) is 0 Å². The third-order valence-corrected chi connectivity index (χ3v) is 2.01. The van der Waals surface area contributed by atoms with Gasteiger partial charge in [0.15, 0.2) is 6.10 Å². The molecule has 6 nitrogen and oxygen atoms in total. The number of rotatable bonds is 3. The minimum absolute atomic E-state index is 0.0931. The number of aliphatic carboxylic acids is 1. The van der Waals surface area contributed by atoms with E-state index < -0.39 is 34.1 Å². The molecule has 1 unspecified atom stereocenters. The van der Waals surface area contributed by atoms with Gasteiger partial charge in [0.25, 0.3) is 5.69 Å². The molecule has 0 aliphatic rings. The van der Waals surface area contributed by atoms with Crippen molar-refractivity contribution in [3.63, 3.8) is 0 Å². The molecule has 0 fully saturated rings. The highest BCUT2D eigenvalue weighted by atomic mass is 19.1. The molecule has 0 aliphatic heterocycles. The van der Waals surface area contributed by atoms with Crippen molar-refractivity contribution in [1.29, 1.82) is 0 Å². The summed E-state index contributed by atoms with van der Waals surface area (Å²) in [6.07, 6.45) is -2.11. The smallest absolute Gasteiger partial charge is 0.337 e. The number of hydrogen-bond acceptors (Lipinski definition) is 4. The Kier molecular flexibility index (Phi) is 3.19. The number of nitro benzene ring substituents is 1. The summed E-state index contributed by atoms with van der Waals surface area (Å²) in [5.74, 6) is -2.63. The maximum Gasteiger partial charge on any atom is 0.337 e. The van der Waals surface area contributed by atoms with Crippen LogP contribution < -0.4 is 0 Å². The second-order valence-corrected chi connectivity index (χ2v) is 3.16. The van der Waals surface area contributed by atoms with E-state index in [1.54, 1.807) is 0 Å². The minimum atomic E-state index is -2.11. The van der Waals surface area contributed by atoms with Crippen LogP contribution in [0, 0.1) is 22.9 Å². The molecule has 0 saturated carbocycles. The van der Waals surface area contributed by atoms with E-state index in [9.17, 15) is 19.3 Å². The van der Waals surface area contributed by atoms with Crippen LogP contribution in [0.3, 0.4) is 0 Å². The minimum Gasteiger partial charge on any atom is -0.479 e. The average molecular weight is 229 g/mol. The van der Waals surface area contributed by atoms with Crippen LogP contribution in [-0.4, -0.2) is 21.1 Å². The molecular weight excluding hydrogens is 221 g/mol. The largest absolute Gasteiger partial charge is 0.479 e. The fraction of sp³-hybridized carbons (Fsp3) is 0.222. The summed E-state index contributed by atoms with van der Waals surface area (Å²) >= 11 is 0. The van der Waals surface area contributed by atoms with Gasteiger partial charge in [0.1, 0.15) is 5.82 Å². The number of aliphatic hydroxyl groups is 1. The second-order valence-electron chi connectivity index (χ2n) is 3.16. The number of halogens is 1. The zero-order valence-corrected chi connectivity index (χ0v) is 8.18. The highest BCUT2D eigenvalue weighted by Crippen LogP contribution is 2.25. The van der Waals surface area contributed by atoms with Crippen molar-refractivity contribution in [2.24, 2.45) is 0 Å². The van der Waals surface area contributed by atoms with E-state index in [0.29, 0.717) is 6.07 Å². The molecule has 1 atom stereocenters. The Morgan fingerprint density at radius 3 is 2.56 bits per heavy atom. The highest BCUT2D eigenvalue weighted by molar-refractivity contribution is 5.74. The van der Waals surface area contributed by atoms with Crippen molar-refractivity contribution >= 4 is 11.7 Å². The van der Waals surface area contributed by atoms with Gasteiger partial charge in [-0.1, -0.05) is 0 Å². The molecule has 0 aromatic heterocycles. The van der Waals surface area contributed by atoms with E-state index in [0.717, 1.165) is 6.07 Å². The Morgan fingerprint density at radius 2 is 2.12 bits per heavy atom. The van der Waals surface area contributed by atoms with Crippen LogP contribution in [0.4, 0.5) is 10.1 Å². The maximum atomic E-state index is 13.4. The standard InChI is InChI=1S/C9H8FNO5/c1-4-2-5(11(15)16)3-6(7(4)10)8(12)9(13)14/h2-3,8,12H,1H3,(H,13,14). The summed E-state index contributed by atoms with van der Waals surface area (Å²) in [5.41, 5.74) is -1.17. The summed E-state index contributed by atoms with van der Waals surface area (Å²) in [5, 5.41) is 28.1. The second kappa shape index (κ2) is 4.23. The number of carboxylic acids is 1. The fourth-order valence-corrected chi connectivity index (χ4v) is 1.21. The van der Waals surface area contributed by atoms with Crippen LogP contribution in [0.25, 0.3) is 0 Å². The molecule has 0 amide bonds. The molecule has 0 saturated heterocycles.